The summed E-state index contributed by atoms with van der Waals surface area (Å²) in [7, 11) is 0. The molecule has 2 aromatic carbocycles. The average molecular weight is 396 g/mol. The van der Waals surface area contributed by atoms with Crippen molar-refractivity contribution < 1.29 is 19.4 Å². The number of nitrogens with zero attached hydrogens (tertiary/aromatic N) is 1. The van der Waals surface area contributed by atoms with Crippen molar-refractivity contribution in [2.24, 2.45) is 5.92 Å². The lowest BCUT2D eigenvalue weighted by Crippen LogP contribution is -2.38. The maximum absolute atomic E-state index is 12.8. The molecular formula is C23H28N2O4. The number of hydrogen-bond acceptors (Lipinski definition) is 4. The predicted octanol–water partition coefficient (Wildman–Crippen LogP) is 3.75. The number of carbonyl (C=O) groups excluding carboxylic acids is 2. The van der Waals surface area contributed by atoms with Gasteiger partial charge >= 0.3 is 6.09 Å². The number of aliphatic hydroxyl groups excluding tert-OH is 1. The molecule has 2 aromatic rings. The number of ether oxygens (including phenoxy) is 1. The number of hydrogen-bond donors (Lipinski definition) is 2. The first-order valence-electron chi connectivity index (χ1n) is 9.90. The number of anilines is 1. The summed E-state index contributed by atoms with van der Waals surface area (Å²) in [6.07, 6.45) is -0.403. The van der Waals surface area contributed by atoms with Gasteiger partial charge in [0.25, 0.3) is 5.91 Å². The Balaban J connectivity index is 2.08. The predicted molar refractivity (Wildman–Crippen MR) is 113 cm³/mol. The number of benzene rings is 2. The largest absolute Gasteiger partial charge is 0.447 e. The molecule has 154 valence electrons. The molecule has 6 nitrogen and oxygen atoms in total. The summed E-state index contributed by atoms with van der Waals surface area (Å²) in [4.78, 5) is 26.8. The van der Waals surface area contributed by atoms with Gasteiger partial charge in [-0.3, -0.25) is 9.69 Å². The van der Waals surface area contributed by atoms with Crippen molar-refractivity contribution in [3.05, 3.63) is 53.6 Å². The van der Waals surface area contributed by atoms with Crippen molar-refractivity contribution in [1.29, 1.82) is 0 Å². The van der Waals surface area contributed by atoms with Crippen molar-refractivity contribution >= 4 is 17.7 Å². The smallest absolute Gasteiger partial charge is 0.414 e. The third-order valence-corrected chi connectivity index (χ3v) is 5.17. The molecule has 1 heterocycles. The van der Waals surface area contributed by atoms with Crippen molar-refractivity contribution in [2.45, 2.75) is 39.8 Å². The quantitative estimate of drug-likeness (QED) is 0.779. The lowest BCUT2D eigenvalue weighted by atomic mass is 9.98. The van der Waals surface area contributed by atoms with Gasteiger partial charge in [0.05, 0.1) is 12.6 Å². The van der Waals surface area contributed by atoms with E-state index in [1.54, 1.807) is 24.0 Å². The molecule has 0 aromatic heterocycles. The summed E-state index contributed by atoms with van der Waals surface area (Å²) >= 11 is 0. The minimum Gasteiger partial charge on any atom is -0.447 e. The van der Waals surface area contributed by atoms with Crippen molar-refractivity contribution in [2.75, 3.05) is 18.1 Å². The van der Waals surface area contributed by atoms with Crippen LogP contribution < -0.4 is 10.2 Å². The fourth-order valence-electron chi connectivity index (χ4n) is 3.37. The average Bonchev–Trinajstić information content (AvgIpc) is 3.09. The second-order valence-corrected chi connectivity index (χ2v) is 7.95. The Morgan fingerprint density at radius 2 is 1.86 bits per heavy atom. The Hall–Kier alpha value is -2.86. The summed E-state index contributed by atoms with van der Waals surface area (Å²) in [5.74, 6) is -0.0911. The molecule has 1 aliphatic rings. The van der Waals surface area contributed by atoms with Crippen LogP contribution in [0.25, 0.3) is 11.1 Å². The molecule has 29 heavy (non-hydrogen) atoms. The van der Waals surface area contributed by atoms with E-state index in [2.05, 4.69) is 5.32 Å². The van der Waals surface area contributed by atoms with E-state index in [4.69, 9.17) is 4.74 Å². The van der Waals surface area contributed by atoms with Crippen LogP contribution in [0.3, 0.4) is 0 Å². The van der Waals surface area contributed by atoms with Gasteiger partial charge in [-0.15, -0.1) is 0 Å². The standard InChI is InChI=1S/C23H28N2O4/c1-14(2)21-13-29-23(28)25(21)20-10-18(17-7-5-15(3)6-8-17)9-19(11-20)22(27)24-16(4)12-26/h5-11,14,16,21,26H,12-13H2,1-4H3,(H,24,27)/t16-,21-/m0/s1. The Kier molecular flexibility index (Phi) is 6.23. The number of carbonyl (C=O) groups is 2. The van der Waals surface area contributed by atoms with E-state index in [0.29, 0.717) is 17.9 Å². The van der Waals surface area contributed by atoms with Gasteiger partial charge in [0.1, 0.15) is 6.61 Å². The number of rotatable bonds is 6. The van der Waals surface area contributed by atoms with Crippen LogP contribution in [0.15, 0.2) is 42.5 Å². The van der Waals surface area contributed by atoms with Crippen LogP contribution in [0.4, 0.5) is 10.5 Å². The normalized spacial score (nSPS) is 17.4. The van der Waals surface area contributed by atoms with E-state index in [1.165, 1.54) is 0 Å². The molecule has 0 spiro atoms. The lowest BCUT2D eigenvalue weighted by molar-refractivity contribution is 0.0922. The molecule has 6 heteroatoms. The Morgan fingerprint density at radius 3 is 2.48 bits per heavy atom. The van der Waals surface area contributed by atoms with Crippen LogP contribution in [0.5, 0.6) is 0 Å². The molecule has 0 bridgehead atoms. The molecular weight excluding hydrogens is 368 g/mol. The highest BCUT2D eigenvalue weighted by Gasteiger charge is 2.36. The molecule has 0 saturated carbocycles. The first-order valence-corrected chi connectivity index (χ1v) is 9.90. The van der Waals surface area contributed by atoms with Gasteiger partial charge in [-0.1, -0.05) is 43.7 Å². The number of nitrogens with one attached hydrogen (secondary N) is 1. The van der Waals surface area contributed by atoms with E-state index in [-0.39, 0.29) is 30.5 Å². The van der Waals surface area contributed by atoms with Gasteiger partial charge in [-0.05, 0) is 49.1 Å². The Bertz CT molecular complexity index is 892. The zero-order valence-corrected chi connectivity index (χ0v) is 17.3. The van der Waals surface area contributed by atoms with Crippen LogP contribution >= 0.6 is 0 Å². The van der Waals surface area contributed by atoms with Gasteiger partial charge < -0.3 is 15.2 Å². The SMILES string of the molecule is Cc1ccc(-c2cc(C(=O)N[C@@H](C)CO)cc(N3C(=O)OC[C@H]3C(C)C)c2)cc1. The Morgan fingerprint density at radius 1 is 1.17 bits per heavy atom. The monoisotopic (exact) mass is 396 g/mol. The molecule has 2 N–H and O–H groups in total. The first-order chi connectivity index (χ1) is 13.8. The highest BCUT2D eigenvalue weighted by Crippen LogP contribution is 2.32. The second kappa shape index (κ2) is 8.66. The maximum atomic E-state index is 12.8. The minimum absolute atomic E-state index is 0.0944. The fraction of sp³-hybridized carbons (Fsp3) is 0.391. The van der Waals surface area contributed by atoms with E-state index >= 15 is 0 Å². The summed E-state index contributed by atoms with van der Waals surface area (Å²) in [6.45, 7) is 8.01. The summed E-state index contributed by atoms with van der Waals surface area (Å²) in [5.41, 5.74) is 4.00. The molecule has 3 rings (SSSR count). The van der Waals surface area contributed by atoms with Crippen LogP contribution in [0, 0.1) is 12.8 Å². The number of aryl methyl sites for hydroxylation is 1. The third-order valence-electron chi connectivity index (χ3n) is 5.17. The molecule has 2 amide bonds. The summed E-state index contributed by atoms with van der Waals surface area (Å²) in [5, 5.41) is 12.0. The maximum Gasteiger partial charge on any atom is 0.414 e. The van der Waals surface area contributed by atoms with Gasteiger partial charge in [-0.2, -0.15) is 0 Å². The summed E-state index contributed by atoms with van der Waals surface area (Å²) < 4.78 is 5.29. The second-order valence-electron chi connectivity index (χ2n) is 7.95. The van der Waals surface area contributed by atoms with Gasteiger partial charge in [0.15, 0.2) is 0 Å². The van der Waals surface area contributed by atoms with Crippen LogP contribution in [-0.2, 0) is 4.74 Å². The molecule has 0 aliphatic carbocycles. The lowest BCUT2D eigenvalue weighted by Gasteiger charge is -2.25. The molecule has 1 aliphatic heterocycles. The van der Waals surface area contributed by atoms with Gasteiger partial charge in [-0.25, -0.2) is 4.79 Å². The van der Waals surface area contributed by atoms with Crippen molar-refractivity contribution in [3.8, 4) is 11.1 Å². The molecule has 1 fully saturated rings. The van der Waals surface area contributed by atoms with Crippen LogP contribution in [0.1, 0.15) is 36.7 Å². The molecule has 0 radical (unpaired) electrons. The van der Waals surface area contributed by atoms with Crippen LogP contribution in [0.2, 0.25) is 0 Å². The van der Waals surface area contributed by atoms with Crippen molar-refractivity contribution in [3.63, 3.8) is 0 Å². The molecule has 1 saturated heterocycles. The zero-order valence-electron chi connectivity index (χ0n) is 17.3. The summed E-state index contributed by atoms with van der Waals surface area (Å²) in [6, 6.07) is 13.0. The minimum atomic E-state index is -0.403. The van der Waals surface area contributed by atoms with Gasteiger partial charge in [0.2, 0.25) is 0 Å². The van der Waals surface area contributed by atoms with Crippen molar-refractivity contribution in [1.82, 2.24) is 5.32 Å². The van der Waals surface area contributed by atoms with E-state index in [1.807, 2.05) is 51.1 Å². The molecule has 2 atom stereocenters. The van der Waals surface area contributed by atoms with E-state index < -0.39 is 6.09 Å². The number of aliphatic hydroxyl groups is 1. The Labute approximate surface area is 171 Å². The number of amides is 2. The molecule has 0 unspecified atom stereocenters. The topological polar surface area (TPSA) is 78.9 Å². The fourth-order valence-corrected chi connectivity index (χ4v) is 3.37. The highest BCUT2D eigenvalue weighted by atomic mass is 16.6. The zero-order chi connectivity index (χ0) is 21.1. The highest BCUT2D eigenvalue weighted by molar-refractivity contribution is 5.99. The first kappa shape index (κ1) is 20.9. The van der Waals surface area contributed by atoms with E-state index in [9.17, 15) is 14.7 Å². The third kappa shape index (κ3) is 4.59. The van der Waals surface area contributed by atoms with Gasteiger partial charge in [0, 0.05) is 17.3 Å². The number of cyclic esters (lactones) is 1. The van der Waals surface area contributed by atoms with Crippen LogP contribution in [-0.4, -0.2) is 42.4 Å². The van der Waals surface area contributed by atoms with E-state index in [0.717, 1.165) is 16.7 Å².